The second-order valence-corrected chi connectivity index (χ2v) is 6.26. The van der Waals surface area contributed by atoms with E-state index in [9.17, 15) is 4.79 Å². The first-order valence-electron chi connectivity index (χ1n) is 7.61. The third-order valence-corrected chi connectivity index (χ3v) is 3.61. The zero-order valence-corrected chi connectivity index (χ0v) is 14.3. The smallest absolute Gasteiger partial charge is 0.276 e. The molecular formula is C17H21ClN4O. The number of aryl methyl sites for hydroxylation is 1. The molecule has 1 amide bonds. The predicted molar refractivity (Wildman–Crippen MR) is 94.1 cm³/mol. The summed E-state index contributed by atoms with van der Waals surface area (Å²) in [6.07, 6.45) is 1.05. The van der Waals surface area contributed by atoms with Crippen molar-refractivity contribution in [1.82, 2.24) is 10.2 Å². The van der Waals surface area contributed by atoms with Gasteiger partial charge < -0.3 is 10.6 Å². The maximum absolute atomic E-state index is 12.2. The Labute approximate surface area is 141 Å². The Morgan fingerprint density at radius 1 is 1.22 bits per heavy atom. The van der Waals surface area contributed by atoms with Gasteiger partial charge in [0.1, 0.15) is 5.82 Å². The fourth-order valence-corrected chi connectivity index (χ4v) is 2.12. The Hall–Kier alpha value is -2.14. The third-order valence-electron chi connectivity index (χ3n) is 3.37. The summed E-state index contributed by atoms with van der Waals surface area (Å²) in [5.41, 5.74) is 1.87. The van der Waals surface area contributed by atoms with Crippen molar-refractivity contribution in [2.75, 3.05) is 17.2 Å². The van der Waals surface area contributed by atoms with E-state index in [2.05, 4.69) is 34.7 Å². The monoisotopic (exact) mass is 332 g/mol. The number of amides is 1. The van der Waals surface area contributed by atoms with Gasteiger partial charge in [0, 0.05) is 17.3 Å². The zero-order valence-electron chi connectivity index (χ0n) is 13.6. The van der Waals surface area contributed by atoms with Crippen LogP contribution in [0.25, 0.3) is 0 Å². The molecule has 1 heterocycles. The van der Waals surface area contributed by atoms with E-state index in [-0.39, 0.29) is 11.6 Å². The van der Waals surface area contributed by atoms with Gasteiger partial charge in [-0.15, -0.1) is 10.2 Å². The molecule has 0 saturated carbocycles. The van der Waals surface area contributed by atoms with Crippen LogP contribution in [0.5, 0.6) is 0 Å². The summed E-state index contributed by atoms with van der Waals surface area (Å²) >= 11 is 5.95. The summed E-state index contributed by atoms with van der Waals surface area (Å²) < 4.78 is 0. The van der Waals surface area contributed by atoms with Gasteiger partial charge in [-0.3, -0.25) is 4.79 Å². The van der Waals surface area contributed by atoms with Gasteiger partial charge in [-0.1, -0.05) is 31.5 Å². The minimum atomic E-state index is -0.309. The third kappa shape index (κ3) is 5.21. The Morgan fingerprint density at radius 2 is 2.00 bits per heavy atom. The second-order valence-electron chi connectivity index (χ2n) is 5.83. The van der Waals surface area contributed by atoms with Crippen LogP contribution in [0, 0.1) is 12.8 Å². The molecule has 2 N–H and O–H groups in total. The van der Waals surface area contributed by atoms with Crippen LogP contribution in [0.1, 0.15) is 36.3 Å². The number of nitrogens with zero attached hydrogens (tertiary/aromatic N) is 2. The molecule has 2 rings (SSSR count). The van der Waals surface area contributed by atoms with Crippen molar-refractivity contribution < 1.29 is 4.79 Å². The minimum Gasteiger partial charge on any atom is -0.369 e. The topological polar surface area (TPSA) is 66.9 Å². The summed E-state index contributed by atoms with van der Waals surface area (Å²) in [6.45, 7) is 7.07. The highest BCUT2D eigenvalue weighted by molar-refractivity contribution is 6.31. The van der Waals surface area contributed by atoms with Gasteiger partial charge in [0.2, 0.25) is 0 Å². The highest BCUT2D eigenvalue weighted by atomic mass is 35.5. The number of anilines is 2. The van der Waals surface area contributed by atoms with Crippen LogP contribution < -0.4 is 10.6 Å². The molecule has 0 aliphatic rings. The Kier molecular flexibility index (Phi) is 5.93. The van der Waals surface area contributed by atoms with E-state index in [4.69, 9.17) is 11.6 Å². The molecule has 1 aromatic carbocycles. The van der Waals surface area contributed by atoms with Gasteiger partial charge in [-0.05, 0) is 49.1 Å². The molecule has 0 radical (unpaired) electrons. The van der Waals surface area contributed by atoms with E-state index in [1.807, 2.05) is 13.0 Å². The number of rotatable bonds is 6. The molecule has 0 bridgehead atoms. The number of aromatic nitrogens is 2. The SMILES string of the molecule is Cc1ccc(Cl)cc1NC(=O)c1ccc(NCCC(C)C)nn1. The molecule has 0 spiro atoms. The lowest BCUT2D eigenvalue weighted by Crippen LogP contribution is -2.16. The molecule has 0 unspecified atom stereocenters. The number of carbonyl (C=O) groups excluding carboxylic acids is 1. The van der Waals surface area contributed by atoms with E-state index < -0.39 is 0 Å². The fourth-order valence-electron chi connectivity index (χ4n) is 1.95. The van der Waals surface area contributed by atoms with Crippen molar-refractivity contribution >= 4 is 29.0 Å². The summed E-state index contributed by atoms with van der Waals surface area (Å²) in [5, 5.41) is 14.6. The van der Waals surface area contributed by atoms with E-state index in [0.29, 0.717) is 22.4 Å². The van der Waals surface area contributed by atoms with Gasteiger partial charge in [-0.25, -0.2) is 0 Å². The largest absolute Gasteiger partial charge is 0.369 e. The number of hydrogen-bond acceptors (Lipinski definition) is 4. The van der Waals surface area contributed by atoms with Crippen molar-refractivity contribution in [1.29, 1.82) is 0 Å². The highest BCUT2D eigenvalue weighted by Gasteiger charge is 2.10. The van der Waals surface area contributed by atoms with Gasteiger partial charge in [-0.2, -0.15) is 0 Å². The Balaban J connectivity index is 1.98. The maximum atomic E-state index is 12.2. The lowest BCUT2D eigenvalue weighted by Gasteiger charge is -2.09. The number of hydrogen-bond donors (Lipinski definition) is 2. The van der Waals surface area contributed by atoms with E-state index in [1.54, 1.807) is 24.3 Å². The van der Waals surface area contributed by atoms with Gasteiger partial charge in [0.15, 0.2) is 5.69 Å². The normalized spacial score (nSPS) is 10.7. The maximum Gasteiger partial charge on any atom is 0.276 e. The van der Waals surface area contributed by atoms with Crippen LogP contribution in [0.4, 0.5) is 11.5 Å². The average molecular weight is 333 g/mol. The van der Waals surface area contributed by atoms with Crippen LogP contribution in [0.2, 0.25) is 5.02 Å². The second kappa shape index (κ2) is 7.92. The van der Waals surface area contributed by atoms with Crippen LogP contribution in [-0.2, 0) is 0 Å². The number of carbonyl (C=O) groups is 1. The molecule has 1 aromatic heterocycles. The quantitative estimate of drug-likeness (QED) is 0.834. The molecule has 5 nitrogen and oxygen atoms in total. The summed E-state index contributed by atoms with van der Waals surface area (Å²) in [7, 11) is 0. The number of nitrogens with one attached hydrogen (secondary N) is 2. The summed E-state index contributed by atoms with van der Waals surface area (Å²) in [5.74, 6) is 0.985. The average Bonchev–Trinajstić information content (AvgIpc) is 2.51. The van der Waals surface area contributed by atoms with E-state index >= 15 is 0 Å². The lowest BCUT2D eigenvalue weighted by atomic mass is 10.1. The van der Waals surface area contributed by atoms with Crippen molar-refractivity contribution in [3.05, 3.63) is 46.6 Å². The van der Waals surface area contributed by atoms with Crippen molar-refractivity contribution in [3.8, 4) is 0 Å². The zero-order chi connectivity index (χ0) is 16.8. The lowest BCUT2D eigenvalue weighted by molar-refractivity contribution is 0.102. The molecule has 2 aromatic rings. The first-order chi connectivity index (χ1) is 11.0. The van der Waals surface area contributed by atoms with Crippen molar-refractivity contribution in [3.63, 3.8) is 0 Å². The van der Waals surface area contributed by atoms with Gasteiger partial charge in [0.05, 0.1) is 0 Å². The van der Waals surface area contributed by atoms with Crippen LogP contribution in [0.3, 0.4) is 0 Å². The van der Waals surface area contributed by atoms with Crippen molar-refractivity contribution in [2.45, 2.75) is 27.2 Å². The fraction of sp³-hybridized carbons (Fsp3) is 0.353. The summed E-state index contributed by atoms with van der Waals surface area (Å²) in [6, 6.07) is 8.76. The standard InChI is InChI=1S/C17H21ClN4O/c1-11(2)8-9-19-16-7-6-14(21-22-16)17(23)20-15-10-13(18)5-4-12(15)3/h4-7,10-11H,8-9H2,1-3H3,(H,19,22)(H,20,23). The number of benzene rings is 1. The first kappa shape index (κ1) is 17.2. The van der Waals surface area contributed by atoms with Crippen LogP contribution in [-0.4, -0.2) is 22.6 Å². The number of halogens is 1. The molecule has 6 heteroatoms. The summed E-state index contributed by atoms with van der Waals surface area (Å²) in [4.78, 5) is 12.2. The van der Waals surface area contributed by atoms with Gasteiger partial charge in [0.25, 0.3) is 5.91 Å². The van der Waals surface area contributed by atoms with Gasteiger partial charge >= 0.3 is 0 Å². The van der Waals surface area contributed by atoms with E-state index in [1.165, 1.54) is 0 Å². The highest BCUT2D eigenvalue weighted by Crippen LogP contribution is 2.20. The molecule has 23 heavy (non-hydrogen) atoms. The Morgan fingerprint density at radius 3 is 2.65 bits per heavy atom. The van der Waals surface area contributed by atoms with Crippen LogP contribution in [0.15, 0.2) is 30.3 Å². The molecule has 0 fully saturated rings. The molecule has 0 atom stereocenters. The Bertz CT molecular complexity index is 671. The predicted octanol–water partition coefficient (Wildman–Crippen LogP) is 4.15. The van der Waals surface area contributed by atoms with Crippen molar-refractivity contribution in [2.24, 2.45) is 5.92 Å². The molecule has 0 aliphatic carbocycles. The van der Waals surface area contributed by atoms with Crippen LogP contribution >= 0.6 is 11.6 Å². The first-order valence-corrected chi connectivity index (χ1v) is 7.98. The molecule has 0 saturated heterocycles. The molecular weight excluding hydrogens is 312 g/mol. The molecule has 0 aliphatic heterocycles. The molecule has 122 valence electrons. The minimum absolute atomic E-state index is 0.263. The van der Waals surface area contributed by atoms with E-state index in [0.717, 1.165) is 18.5 Å².